The van der Waals surface area contributed by atoms with Crippen LogP contribution in [0.4, 0.5) is 5.69 Å². The zero-order valence-electron chi connectivity index (χ0n) is 10.8. The number of rotatable bonds is 5. The van der Waals surface area contributed by atoms with Crippen molar-refractivity contribution >= 4 is 11.6 Å². The third-order valence-electron chi connectivity index (χ3n) is 2.92. The predicted molar refractivity (Wildman–Crippen MR) is 73.6 cm³/mol. The minimum atomic E-state index is -0.158. The van der Waals surface area contributed by atoms with Gasteiger partial charge in [-0.25, -0.2) is 0 Å². The molecule has 1 aliphatic rings. The van der Waals surface area contributed by atoms with E-state index in [2.05, 4.69) is 11.9 Å². The zero-order chi connectivity index (χ0) is 13.7. The number of aliphatic hydroxyl groups is 1. The molecule has 1 aliphatic heterocycles. The van der Waals surface area contributed by atoms with Gasteiger partial charge in [0.25, 0.3) is 5.91 Å². The third kappa shape index (κ3) is 2.88. The molecule has 2 rings (SSSR count). The molecule has 0 bridgehead atoms. The molecule has 0 saturated carbocycles. The van der Waals surface area contributed by atoms with Gasteiger partial charge in [0.2, 0.25) is 0 Å². The van der Waals surface area contributed by atoms with Crippen LogP contribution < -0.4 is 10.1 Å². The molecule has 1 aromatic rings. The highest BCUT2D eigenvalue weighted by Crippen LogP contribution is 2.31. The van der Waals surface area contributed by atoms with E-state index in [1.54, 1.807) is 17.0 Å². The van der Waals surface area contributed by atoms with Gasteiger partial charge >= 0.3 is 0 Å². The van der Waals surface area contributed by atoms with E-state index in [-0.39, 0.29) is 19.1 Å². The second-order valence-corrected chi connectivity index (χ2v) is 4.22. The van der Waals surface area contributed by atoms with Crippen LogP contribution in [0.5, 0.6) is 5.75 Å². The van der Waals surface area contributed by atoms with Crippen molar-refractivity contribution in [3.05, 3.63) is 36.4 Å². The van der Waals surface area contributed by atoms with Crippen LogP contribution in [-0.2, 0) is 0 Å². The summed E-state index contributed by atoms with van der Waals surface area (Å²) in [4.78, 5) is 14.0. The lowest BCUT2D eigenvalue weighted by Crippen LogP contribution is -2.34. The minimum Gasteiger partial charge on any atom is -0.489 e. The number of fused-ring (bicyclic) bond motifs is 1. The van der Waals surface area contributed by atoms with Gasteiger partial charge < -0.3 is 20.1 Å². The average molecular weight is 262 g/mol. The van der Waals surface area contributed by atoms with Crippen molar-refractivity contribution in [1.29, 1.82) is 0 Å². The number of aliphatic hydroxyl groups excluding tert-OH is 1. The van der Waals surface area contributed by atoms with Crippen molar-refractivity contribution < 1.29 is 14.6 Å². The van der Waals surface area contributed by atoms with Gasteiger partial charge in [-0.15, -0.1) is 6.58 Å². The smallest absolute Gasteiger partial charge is 0.258 e. The van der Waals surface area contributed by atoms with Gasteiger partial charge in [-0.1, -0.05) is 12.1 Å². The summed E-state index contributed by atoms with van der Waals surface area (Å²) in [5, 5.41) is 12.2. The van der Waals surface area contributed by atoms with Gasteiger partial charge in [0, 0.05) is 19.6 Å². The summed E-state index contributed by atoms with van der Waals surface area (Å²) in [6.45, 7) is 5.50. The molecule has 0 atom stereocenters. The predicted octanol–water partition coefficient (Wildman–Crippen LogP) is 1.11. The summed E-state index contributed by atoms with van der Waals surface area (Å²) in [5.74, 6) is 0.431. The molecule has 1 amide bonds. The van der Waals surface area contributed by atoms with Gasteiger partial charge in [0.15, 0.2) is 5.75 Å². The Labute approximate surface area is 112 Å². The van der Waals surface area contributed by atoms with Gasteiger partial charge in [-0.05, 0) is 12.1 Å². The Balaban J connectivity index is 2.29. The van der Waals surface area contributed by atoms with E-state index in [0.29, 0.717) is 24.5 Å². The molecule has 0 aliphatic carbocycles. The molecule has 0 fully saturated rings. The first-order valence-corrected chi connectivity index (χ1v) is 6.28. The molecule has 1 aromatic carbocycles. The highest BCUT2D eigenvalue weighted by atomic mass is 16.5. The standard InChI is InChI=1S/C14H18N2O3/c1-2-7-16(8-9-17)14(18)11-4-3-5-12-13(11)19-10-6-15-12/h2-5,15,17H,1,6-10H2. The van der Waals surface area contributed by atoms with E-state index in [4.69, 9.17) is 9.84 Å². The van der Waals surface area contributed by atoms with Crippen LogP contribution in [0.3, 0.4) is 0 Å². The van der Waals surface area contributed by atoms with Crippen LogP contribution in [-0.4, -0.2) is 48.8 Å². The van der Waals surface area contributed by atoms with E-state index in [9.17, 15) is 4.79 Å². The van der Waals surface area contributed by atoms with Gasteiger partial charge in [0.05, 0.1) is 17.9 Å². The largest absolute Gasteiger partial charge is 0.489 e. The average Bonchev–Trinajstić information content (AvgIpc) is 2.46. The molecule has 0 saturated heterocycles. The molecule has 1 heterocycles. The minimum absolute atomic E-state index is 0.0757. The Bertz CT molecular complexity index is 474. The zero-order valence-corrected chi connectivity index (χ0v) is 10.8. The second kappa shape index (κ2) is 6.24. The molecule has 19 heavy (non-hydrogen) atoms. The van der Waals surface area contributed by atoms with Crippen LogP contribution >= 0.6 is 0 Å². The molecular weight excluding hydrogens is 244 g/mol. The quantitative estimate of drug-likeness (QED) is 0.780. The molecule has 0 unspecified atom stereocenters. The molecule has 0 spiro atoms. The first-order valence-electron chi connectivity index (χ1n) is 6.28. The van der Waals surface area contributed by atoms with Crippen LogP contribution in [0.1, 0.15) is 10.4 Å². The summed E-state index contributed by atoms with van der Waals surface area (Å²) in [6, 6.07) is 5.44. The van der Waals surface area contributed by atoms with Crippen molar-refractivity contribution in [2.75, 3.05) is 38.2 Å². The SMILES string of the molecule is C=CCN(CCO)C(=O)c1cccc2c1OCCN2. The van der Waals surface area contributed by atoms with E-state index < -0.39 is 0 Å². The number of carbonyl (C=O) groups is 1. The molecule has 5 heteroatoms. The maximum atomic E-state index is 12.5. The number of para-hydroxylation sites is 1. The number of benzene rings is 1. The topological polar surface area (TPSA) is 61.8 Å². The fourth-order valence-corrected chi connectivity index (χ4v) is 2.06. The van der Waals surface area contributed by atoms with Crippen molar-refractivity contribution in [1.82, 2.24) is 4.90 Å². The number of ether oxygens (including phenoxy) is 1. The van der Waals surface area contributed by atoms with Crippen molar-refractivity contribution in [3.8, 4) is 5.75 Å². The first kappa shape index (κ1) is 13.4. The third-order valence-corrected chi connectivity index (χ3v) is 2.92. The maximum absolute atomic E-state index is 12.5. The molecule has 0 radical (unpaired) electrons. The summed E-state index contributed by atoms with van der Waals surface area (Å²) in [6.07, 6.45) is 1.64. The van der Waals surface area contributed by atoms with E-state index in [1.807, 2.05) is 12.1 Å². The second-order valence-electron chi connectivity index (χ2n) is 4.22. The van der Waals surface area contributed by atoms with Gasteiger partial charge in [0.1, 0.15) is 6.61 Å². The van der Waals surface area contributed by atoms with Crippen molar-refractivity contribution in [2.45, 2.75) is 0 Å². The fourth-order valence-electron chi connectivity index (χ4n) is 2.06. The van der Waals surface area contributed by atoms with Crippen LogP contribution in [0.15, 0.2) is 30.9 Å². The molecule has 0 aromatic heterocycles. The Kier molecular flexibility index (Phi) is 4.41. The summed E-state index contributed by atoms with van der Waals surface area (Å²) >= 11 is 0. The molecule has 2 N–H and O–H groups in total. The van der Waals surface area contributed by atoms with E-state index >= 15 is 0 Å². The maximum Gasteiger partial charge on any atom is 0.258 e. The lowest BCUT2D eigenvalue weighted by atomic mass is 10.1. The van der Waals surface area contributed by atoms with Crippen LogP contribution in [0.25, 0.3) is 0 Å². The Morgan fingerprint density at radius 3 is 3.16 bits per heavy atom. The number of carbonyl (C=O) groups excluding carboxylic acids is 1. The molecule has 5 nitrogen and oxygen atoms in total. The number of nitrogens with one attached hydrogen (secondary N) is 1. The van der Waals surface area contributed by atoms with Crippen molar-refractivity contribution in [2.24, 2.45) is 0 Å². The Hall–Kier alpha value is -2.01. The number of amides is 1. The van der Waals surface area contributed by atoms with E-state index in [0.717, 1.165) is 12.2 Å². The first-order chi connectivity index (χ1) is 9.27. The fraction of sp³-hybridized carbons (Fsp3) is 0.357. The highest BCUT2D eigenvalue weighted by Gasteiger charge is 2.22. The number of anilines is 1. The number of nitrogens with zero attached hydrogens (tertiary/aromatic N) is 1. The normalized spacial score (nSPS) is 12.9. The van der Waals surface area contributed by atoms with Crippen LogP contribution in [0.2, 0.25) is 0 Å². The molecule has 102 valence electrons. The number of hydrogen-bond donors (Lipinski definition) is 2. The van der Waals surface area contributed by atoms with Gasteiger partial charge in [-0.2, -0.15) is 0 Å². The molecular formula is C14H18N2O3. The van der Waals surface area contributed by atoms with Gasteiger partial charge in [-0.3, -0.25) is 4.79 Å². The lowest BCUT2D eigenvalue weighted by molar-refractivity contribution is 0.0738. The van der Waals surface area contributed by atoms with Crippen LogP contribution in [0, 0.1) is 0 Å². The Morgan fingerprint density at radius 1 is 1.58 bits per heavy atom. The summed E-state index contributed by atoms with van der Waals surface area (Å²) < 4.78 is 5.58. The van der Waals surface area contributed by atoms with E-state index in [1.165, 1.54) is 0 Å². The Morgan fingerprint density at radius 2 is 2.42 bits per heavy atom. The number of hydrogen-bond acceptors (Lipinski definition) is 4. The van der Waals surface area contributed by atoms with Crippen molar-refractivity contribution in [3.63, 3.8) is 0 Å². The monoisotopic (exact) mass is 262 g/mol. The highest BCUT2D eigenvalue weighted by molar-refractivity contribution is 5.99. The summed E-state index contributed by atoms with van der Waals surface area (Å²) in [7, 11) is 0. The lowest BCUT2D eigenvalue weighted by Gasteiger charge is -2.25. The summed E-state index contributed by atoms with van der Waals surface area (Å²) in [5.41, 5.74) is 1.35.